The van der Waals surface area contributed by atoms with Gasteiger partial charge in [-0.25, -0.2) is 5.43 Å². The van der Waals surface area contributed by atoms with Crippen LogP contribution in [0.1, 0.15) is 59.3 Å². The summed E-state index contributed by atoms with van der Waals surface area (Å²) < 4.78 is 0. The Morgan fingerprint density at radius 3 is 2.38 bits per heavy atom. The average Bonchev–Trinajstić information content (AvgIpc) is 2.38. The first-order valence-electron chi connectivity index (χ1n) is 7.69. The molecule has 1 aliphatic rings. The number of hydrazine groups is 1. The summed E-state index contributed by atoms with van der Waals surface area (Å²) in [6, 6.07) is 13.0. The summed E-state index contributed by atoms with van der Waals surface area (Å²) in [5.41, 5.74) is 9.01. The normalized spacial score (nSPS) is 16.5. The van der Waals surface area contributed by atoms with E-state index >= 15 is 0 Å². The maximum absolute atomic E-state index is 5.90. The van der Waals surface area contributed by atoms with Crippen molar-refractivity contribution in [2.24, 2.45) is 5.84 Å². The highest BCUT2D eigenvalue weighted by molar-refractivity contribution is 5.40. The van der Waals surface area contributed by atoms with Crippen molar-refractivity contribution in [1.29, 1.82) is 0 Å². The van der Waals surface area contributed by atoms with Crippen molar-refractivity contribution in [1.82, 2.24) is 10.4 Å². The van der Waals surface area contributed by atoms with Gasteiger partial charge in [-0.1, -0.05) is 30.7 Å². The van der Waals surface area contributed by atoms with E-state index in [4.69, 9.17) is 5.84 Å². The van der Waals surface area contributed by atoms with E-state index in [2.05, 4.69) is 46.8 Å². The summed E-state index contributed by atoms with van der Waals surface area (Å²) in [7, 11) is 0. The average molecular weight is 281 g/mol. The van der Waals surface area contributed by atoms with Crippen LogP contribution in [0.3, 0.4) is 0 Å². The fourth-order valence-electron chi connectivity index (χ4n) is 3.26. The van der Waals surface area contributed by atoms with Gasteiger partial charge in [-0.15, -0.1) is 0 Å². The molecule has 1 aromatic heterocycles. The number of nitrogens with two attached hydrogens (primary N) is 1. The predicted molar refractivity (Wildman–Crippen MR) is 85.9 cm³/mol. The highest BCUT2D eigenvalue weighted by Gasteiger charge is 2.25. The van der Waals surface area contributed by atoms with E-state index < -0.39 is 0 Å². The minimum Gasteiger partial charge on any atom is -0.271 e. The SMILES string of the molecule is Cc1cc(C(NN)c2ccccc2C2CCC2)cc(C)n1. The van der Waals surface area contributed by atoms with Crippen LogP contribution in [-0.4, -0.2) is 4.98 Å². The lowest BCUT2D eigenvalue weighted by Gasteiger charge is -2.30. The Morgan fingerprint density at radius 2 is 1.81 bits per heavy atom. The fraction of sp³-hybridized carbons (Fsp3) is 0.389. The lowest BCUT2D eigenvalue weighted by atomic mass is 9.76. The van der Waals surface area contributed by atoms with Crippen LogP contribution in [0.2, 0.25) is 0 Å². The Hall–Kier alpha value is -1.71. The first kappa shape index (κ1) is 14.2. The first-order valence-corrected chi connectivity index (χ1v) is 7.69. The molecule has 1 saturated carbocycles. The van der Waals surface area contributed by atoms with Crippen LogP contribution < -0.4 is 11.3 Å². The molecular weight excluding hydrogens is 258 g/mol. The van der Waals surface area contributed by atoms with Crippen LogP contribution in [0, 0.1) is 13.8 Å². The predicted octanol–water partition coefficient (Wildman–Crippen LogP) is 3.52. The Labute approximate surface area is 126 Å². The highest BCUT2D eigenvalue weighted by atomic mass is 15.2. The van der Waals surface area contributed by atoms with E-state index in [0.29, 0.717) is 5.92 Å². The Morgan fingerprint density at radius 1 is 1.14 bits per heavy atom. The molecule has 0 amide bonds. The molecule has 0 aliphatic heterocycles. The van der Waals surface area contributed by atoms with Crippen LogP contribution in [0.25, 0.3) is 0 Å². The molecule has 1 fully saturated rings. The van der Waals surface area contributed by atoms with Crippen LogP contribution in [0.5, 0.6) is 0 Å². The monoisotopic (exact) mass is 281 g/mol. The lowest BCUT2D eigenvalue weighted by Crippen LogP contribution is -2.30. The van der Waals surface area contributed by atoms with Crippen molar-refractivity contribution in [2.45, 2.75) is 45.1 Å². The molecule has 1 heterocycles. The maximum Gasteiger partial charge on any atom is 0.0714 e. The van der Waals surface area contributed by atoms with Crippen LogP contribution in [0.4, 0.5) is 0 Å². The maximum atomic E-state index is 5.90. The molecule has 3 heteroatoms. The molecule has 3 N–H and O–H groups in total. The topological polar surface area (TPSA) is 50.9 Å². The number of pyridine rings is 1. The van der Waals surface area contributed by atoms with E-state index in [-0.39, 0.29) is 6.04 Å². The molecule has 2 aromatic rings. The molecule has 1 atom stereocenters. The molecular formula is C18H23N3. The number of rotatable bonds is 4. The zero-order valence-electron chi connectivity index (χ0n) is 12.8. The van der Waals surface area contributed by atoms with E-state index in [0.717, 1.165) is 11.4 Å². The zero-order chi connectivity index (χ0) is 14.8. The molecule has 3 nitrogen and oxygen atoms in total. The van der Waals surface area contributed by atoms with E-state index in [9.17, 15) is 0 Å². The molecule has 1 aliphatic carbocycles. The van der Waals surface area contributed by atoms with Crippen LogP contribution in [-0.2, 0) is 0 Å². The van der Waals surface area contributed by atoms with Gasteiger partial charge >= 0.3 is 0 Å². The molecule has 3 rings (SSSR count). The smallest absolute Gasteiger partial charge is 0.0714 e. The summed E-state index contributed by atoms with van der Waals surface area (Å²) in [6.45, 7) is 4.06. The van der Waals surface area contributed by atoms with Crippen molar-refractivity contribution in [2.75, 3.05) is 0 Å². The Kier molecular flexibility index (Phi) is 4.04. The third-order valence-corrected chi connectivity index (χ3v) is 4.46. The highest BCUT2D eigenvalue weighted by Crippen LogP contribution is 2.40. The molecule has 21 heavy (non-hydrogen) atoms. The van der Waals surface area contributed by atoms with Gasteiger partial charge < -0.3 is 0 Å². The van der Waals surface area contributed by atoms with Crippen molar-refractivity contribution >= 4 is 0 Å². The molecule has 1 aromatic carbocycles. The third-order valence-electron chi connectivity index (χ3n) is 4.46. The minimum atomic E-state index is 0.0298. The number of nitrogens with one attached hydrogen (secondary N) is 1. The van der Waals surface area contributed by atoms with Crippen molar-refractivity contribution in [3.05, 3.63) is 64.5 Å². The van der Waals surface area contributed by atoms with Crippen molar-refractivity contribution in [3.8, 4) is 0 Å². The van der Waals surface area contributed by atoms with Gasteiger partial charge in [0.15, 0.2) is 0 Å². The summed E-state index contributed by atoms with van der Waals surface area (Å²) >= 11 is 0. The molecule has 0 radical (unpaired) electrons. The van der Waals surface area contributed by atoms with Gasteiger partial charge in [-0.05, 0) is 61.4 Å². The van der Waals surface area contributed by atoms with Gasteiger partial charge in [0.05, 0.1) is 6.04 Å². The van der Waals surface area contributed by atoms with Crippen LogP contribution >= 0.6 is 0 Å². The van der Waals surface area contributed by atoms with Gasteiger partial charge in [-0.3, -0.25) is 10.8 Å². The number of hydrogen-bond acceptors (Lipinski definition) is 3. The number of hydrogen-bond donors (Lipinski definition) is 2. The standard InChI is InChI=1S/C18H23N3/c1-12-10-15(11-13(2)20-12)18(21-19)17-9-4-3-8-16(17)14-6-5-7-14/h3-4,8-11,14,18,21H,5-7,19H2,1-2H3. The minimum absolute atomic E-state index is 0.0298. The molecule has 1 unspecified atom stereocenters. The molecule has 0 spiro atoms. The largest absolute Gasteiger partial charge is 0.271 e. The summed E-state index contributed by atoms with van der Waals surface area (Å²) in [5, 5.41) is 0. The quantitative estimate of drug-likeness (QED) is 0.666. The number of benzene rings is 1. The van der Waals surface area contributed by atoms with Gasteiger partial charge in [0.1, 0.15) is 0 Å². The first-order chi connectivity index (χ1) is 10.2. The summed E-state index contributed by atoms with van der Waals surface area (Å²) in [5.74, 6) is 6.59. The van der Waals surface area contributed by atoms with E-state index in [1.807, 2.05) is 13.8 Å². The number of aromatic nitrogens is 1. The van der Waals surface area contributed by atoms with E-state index in [1.54, 1.807) is 0 Å². The molecule has 0 saturated heterocycles. The summed E-state index contributed by atoms with van der Waals surface area (Å²) in [6.07, 6.45) is 3.93. The molecule has 110 valence electrons. The summed E-state index contributed by atoms with van der Waals surface area (Å²) in [4.78, 5) is 4.46. The number of aryl methyl sites for hydroxylation is 2. The Bertz CT molecular complexity index is 612. The van der Waals surface area contributed by atoms with Gasteiger partial charge in [0, 0.05) is 11.4 Å². The van der Waals surface area contributed by atoms with Gasteiger partial charge in [-0.2, -0.15) is 0 Å². The lowest BCUT2D eigenvalue weighted by molar-refractivity contribution is 0.414. The van der Waals surface area contributed by atoms with Crippen molar-refractivity contribution in [3.63, 3.8) is 0 Å². The second kappa shape index (κ2) is 5.96. The van der Waals surface area contributed by atoms with Gasteiger partial charge in [0.25, 0.3) is 0 Å². The second-order valence-electron chi connectivity index (χ2n) is 6.04. The van der Waals surface area contributed by atoms with Gasteiger partial charge in [0.2, 0.25) is 0 Å². The second-order valence-corrected chi connectivity index (χ2v) is 6.04. The number of nitrogens with zero attached hydrogens (tertiary/aromatic N) is 1. The van der Waals surface area contributed by atoms with Crippen LogP contribution in [0.15, 0.2) is 36.4 Å². The zero-order valence-corrected chi connectivity index (χ0v) is 12.8. The Balaban J connectivity index is 2.03. The molecule has 0 bridgehead atoms. The fourth-order valence-corrected chi connectivity index (χ4v) is 3.26. The van der Waals surface area contributed by atoms with Crippen molar-refractivity contribution < 1.29 is 0 Å². The third kappa shape index (κ3) is 2.85. The van der Waals surface area contributed by atoms with E-state index in [1.165, 1.54) is 36.0 Å².